The number of hydrogen-bond donors (Lipinski definition) is 1. The lowest BCUT2D eigenvalue weighted by molar-refractivity contribution is 0.0186. The molecule has 0 atom stereocenters. The van der Waals surface area contributed by atoms with Crippen LogP contribution in [-0.4, -0.2) is 84.7 Å². The van der Waals surface area contributed by atoms with Crippen molar-refractivity contribution in [3.8, 4) is 0 Å². The van der Waals surface area contributed by atoms with Gasteiger partial charge in [0.2, 0.25) is 0 Å². The number of ether oxygens (including phenoxy) is 1. The molecule has 0 saturated carbocycles. The Morgan fingerprint density at radius 2 is 1.63 bits per heavy atom. The van der Waals surface area contributed by atoms with Gasteiger partial charge in [0.1, 0.15) is 5.60 Å². The molecule has 158 valence electrons. The lowest BCUT2D eigenvalue weighted by atomic mass is 9.94. The maximum Gasteiger partial charge on any atom is 0.410 e. The van der Waals surface area contributed by atoms with Crippen LogP contribution in [0, 0.1) is 5.92 Å². The molecule has 0 aromatic rings. The van der Waals surface area contributed by atoms with E-state index in [1.54, 1.807) is 4.90 Å². The lowest BCUT2D eigenvalue weighted by Crippen LogP contribution is -2.53. The number of nitrogens with zero attached hydrogens (tertiary/aromatic N) is 4. The first kappa shape index (κ1) is 24.3. The van der Waals surface area contributed by atoms with Crippen molar-refractivity contribution >= 4 is 36.0 Å². The predicted octanol–water partition coefficient (Wildman–Crippen LogP) is 2.59. The van der Waals surface area contributed by atoms with E-state index in [1.165, 1.54) is 25.9 Å². The Kier molecular flexibility index (Phi) is 10.1. The van der Waals surface area contributed by atoms with E-state index in [0.717, 1.165) is 25.4 Å². The molecule has 2 aliphatic heterocycles. The maximum atomic E-state index is 12.1. The standard InChI is InChI=1S/C19H37N5O2.HI/c1-5-22-10-7-16(8-11-22)6-9-21-17(20)23-12-14-24(15-13-23)18(25)26-19(2,3)4;/h16H,5-15H2,1-4H3,(H2,20,21);1H. The Balaban J connectivity index is 0.00000364. The summed E-state index contributed by atoms with van der Waals surface area (Å²) in [4.78, 5) is 23.0. The Hall–Kier alpha value is -0.770. The van der Waals surface area contributed by atoms with Crippen LogP contribution in [0.2, 0.25) is 0 Å². The van der Waals surface area contributed by atoms with Crippen molar-refractivity contribution in [2.24, 2.45) is 16.6 Å². The van der Waals surface area contributed by atoms with Gasteiger partial charge in [-0.05, 0) is 65.6 Å². The van der Waals surface area contributed by atoms with Gasteiger partial charge in [-0.25, -0.2) is 4.79 Å². The Morgan fingerprint density at radius 3 is 2.15 bits per heavy atom. The van der Waals surface area contributed by atoms with E-state index in [1.807, 2.05) is 20.8 Å². The molecule has 0 aromatic heterocycles. The molecule has 2 N–H and O–H groups in total. The molecular weight excluding hydrogens is 457 g/mol. The van der Waals surface area contributed by atoms with Crippen molar-refractivity contribution in [1.82, 2.24) is 14.7 Å². The highest BCUT2D eigenvalue weighted by molar-refractivity contribution is 14.0. The third-order valence-corrected chi connectivity index (χ3v) is 5.22. The molecule has 0 aromatic carbocycles. The van der Waals surface area contributed by atoms with Gasteiger partial charge in [-0.3, -0.25) is 4.99 Å². The molecule has 0 unspecified atom stereocenters. The van der Waals surface area contributed by atoms with Gasteiger partial charge in [0.05, 0.1) is 0 Å². The summed E-state index contributed by atoms with van der Waals surface area (Å²) in [6.45, 7) is 15.0. The largest absolute Gasteiger partial charge is 0.444 e. The summed E-state index contributed by atoms with van der Waals surface area (Å²) < 4.78 is 5.42. The first-order valence-electron chi connectivity index (χ1n) is 10.0. The van der Waals surface area contributed by atoms with E-state index >= 15 is 0 Å². The summed E-state index contributed by atoms with van der Waals surface area (Å²) in [5, 5.41) is 0. The number of piperazine rings is 1. The summed E-state index contributed by atoms with van der Waals surface area (Å²) in [5.74, 6) is 1.39. The van der Waals surface area contributed by atoms with E-state index in [9.17, 15) is 4.79 Å². The number of likely N-dealkylation sites (tertiary alicyclic amines) is 1. The summed E-state index contributed by atoms with van der Waals surface area (Å²) in [6.07, 6.45) is 3.43. The van der Waals surface area contributed by atoms with E-state index in [2.05, 4.69) is 21.7 Å². The number of nitrogens with two attached hydrogens (primary N) is 1. The molecule has 0 radical (unpaired) electrons. The van der Waals surface area contributed by atoms with Crippen molar-refractivity contribution in [2.45, 2.75) is 52.6 Å². The highest BCUT2D eigenvalue weighted by Crippen LogP contribution is 2.20. The zero-order chi connectivity index (χ0) is 19.2. The average Bonchev–Trinajstić information content (AvgIpc) is 2.61. The van der Waals surface area contributed by atoms with Crippen LogP contribution < -0.4 is 5.73 Å². The number of guanidine groups is 1. The number of halogens is 1. The van der Waals surface area contributed by atoms with Crippen molar-refractivity contribution in [3.05, 3.63) is 0 Å². The SMILES string of the molecule is CCN1CCC(CCN=C(N)N2CCN(C(=O)OC(C)(C)C)CC2)CC1.I. The van der Waals surface area contributed by atoms with Gasteiger partial charge in [-0.15, -0.1) is 24.0 Å². The highest BCUT2D eigenvalue weighted by Gasteiger charge is 2.26. The Labute approximate surface area is 181 Å². The quantitative estimate of drug-likeness (QED) is 0.369. The third kappa shape index (κ3) is 8.41. The molecule has 2 fully saturated rings. The molecule has 2 heterocycles. The summed E-state index contributed by atoms with van der Waals surface area (Å²) in [7, 11) is 0. The molecule has 2 rings (SSSR count). The molecule has 0 spiro atoms. The lowest BCUT2D eigenvalue weighted by Gasteiger charge is -2.36. The molecule has 27 heavy (non-hydrogen) atoms. The van der Waals surface area contributed by atoms with Crippen LogP contribution in [-0.2, 0) is 4.74 Å². The fourth-order valence-corrected chi connectivity index (χ4v) is 3.50. The van der Waals surface area contributed by atoms with Crippen molar-refractivity contribution < 1.29 is 9.53 Å². The minimum Gasteiger partial charge on any atom is -0.444 e. The van der Waals surface area contributed by atoms with Crippen LogP contribution in [0.3, 0.4) is 0 Å². The molecule has 2 aliphatic rings. The second kappa shape index (κ2) is 11.3. The van der Waals surface area contributed by atoms with Gasteiger partial charge in [0.15, 0.2) is 5.96 Å². The second-order valence-electron chi connectivity index (χ2n) is 8.36. The maximum absolute atomic E-state index is 12.1. The number of aliphatic imine (C=N–C) groups is 1. The zero-order valence-electron chi connectivity index (χ0n) is 17.4. The van der Waals surface area contributed by atoms with Gasteiger partial charge in [-0.1, -0.05) is 6.92 Å². The summed E-state index contributed by atoms with van der Waals surface area (Å²) in [5.41, 5.74) is 5.71. The van der Waals surface area contributed by atoms with Crippen molar-refractivity contribution in [3.63, 3.8) is 0 Å². The number of piperidine rings is 1. The normalized spacial score (nSPS) is 20.4. The van der Waals surface area contributed by atoms with Crippen LogP contribution in [0.5, 0.6) is 0 Å². The van der Waals surface area contributed by atoms with Gasteiger partial charge >= 0.3 is 6.09 Å². The van der Waals surface area contributed by atoms with Gasteiger partial charge < -0.3 is 25.2 Å². The van der Waals surface area contributed by atoms with Gasteiger partial charge in [-0.2, -0.15) is 0 Å². The van der Waals surface area contributed by atoms with Gasteiger partial charge in [0.25, 0.3) is 0 Å². The average molecular weight is 495 g/mol. The van der Waals surface area contributed by atoms with E-state index < -0.39 is 5.60 Å². The van der Waals surface area contributed by atoms with Crippen LogP contribution >= 0.6 is 24.0 Å². The number of rotatable bonds is 4. The molecule has 7 nitrogen and oxygen atoms in total. The fraction of sp³-hybridized carbons (Fsp3) is 0.895. The minimum absolute atomic E-state index is 0. The molecule has 8 heteroatoms. The van der Waals surface area contributed by atoms with Crippen molar-refractivity contribution in [1.29, 1.82) is 0 Å². The van der Waals surface area contributed by atoms with Crippen LogP contribution in [0.1, 0.15) is 47.0 Å². The molecule has 0 aliphatic carbocycles. The second-order valence-corrected chi connectivity index (χ2v) is 8.36. The van der Waals surface area contributed by atoms with E-state index in [4.69, 9.17) is 10.5 Å². The first-order chi connectivity index (χ1) is 12.3. The zero-order valence-corrected chi connectivity index (χ0v) is 19.8. The fourth-order valence-electron chi connectivity index (χ4n) is 3.50. The van der Waals surface area contributed by atoms with Crippen LogP contribution in [0.25, 0.3) is 0 Å². The van der Waals surface area contributed by atoms with E-state index in [-0.39, 0.29) is 30.1 Å². The molecular formula is C19H38IN5O2. The topological polar surface area (TPSA) is 74.4 Å². The smallest absolute Gasteiger partial charge is 0.410 e. The van der Waals surface area contributed by atoms with Gasteiger partial charge in [0, 0.05) is 32.7 Å². The number of amides is 1. The van der Waals surface area contributed by atoms with Crippen LogP contribution in [0.15, 0.2) is 4.99 Å². The van der Waals surface area contributed by atoms with Crippen molar-refractivity contribution in [2.75, 3.05) is 52.4 Å². The predicted molar refractivity (Wildman–Crippen MR) is 121 cm³/mol. The van der Waals surface area contributed by atoms with Crippen LogP contribution in [0.4, 0.5) is 4.79 Å². The molecule has 0 bridgehead atoms. The minimum atomic E-state index is -0.456. The summed E-state index contributed by atoms with van der Waals surface area (Å²) >= 11 is 0. The Bertz CT molecular complexity index is 479. The number of carbonyl (C=O) groups excluding carboxylic acids is 1. The third-order valence-electron chi connectivity index (χ3n) is 5.22. The summed E-state index contributed by atoms with van der Waals surface area (Å²) in [6, 6.07) is 0. The monoisotopic (exact) mass is 495 g/mol. The molecule has 2 saturated heterocycles. The first-order valence-corrected chi connectivity index (χ1v) is 10.0. The Morgan fingerprint density at radius 1 is 1.07 bits per heavy atom. The molecule has 1 amide bonds. The van der Waals surface area contributed by atoms with E-state index in [0.29, 0.717) is 32.1 Å². The number of hydrogen-bond acceptors (Lipinski definition) is 4. The highest BCUT2D eigenvalue weighted by atomic mass is 127. The number of carbonyl (C=O) groups is 1.